The maximum Gasteiger partial charge on any atom is 0.322 e. The third-order valence-electron chi connectivity index (χ3n) is 6.58. The van der Waals surface area contributed by atoms with Crippen LogP contribution in [0.4, 0.5) is 0 Å². The highest BCUT2D eigenvalue weighted by Gasteiger charge is 2.31. The van der Waals surface area contributed by atoms with Crippen LogP contribution in [0.3, 0.4) is 0 Å². The van der Waals surface area contributed by atoms with Crippen molar-refractivity contribution in [2.24, 2.45) is 33.7 Å². The van der Waals surface area contributed by atoms with Gasteiger partial charge in [-0.2, -0.15) is 0 Å². The molecule has 4 atom stereocenters. The summed E-state index contributed by atoms with van der Waals surface area (Å²) in [6.07, 6.45) is -1.93. The fraction of sp³-hybridized carbons (Fsp3) is 0.483. The van der Waals surface area contributed by atoms with Gasteiger partial charge in [-0.25, -0.2) is 0 Å². The van der Waals surface area contributed by atoms with Crippen LogP contribution in [0.2, 0.25) is 0 Å². The Bertz CT molecular complexity index is 1350. The molecular weight excluding hydrogens is 648 g/mol. The van der Waals surface area contributed by atoms with Crippen molar-refractivity contribution in [3.05, 3.63) is 35.9 Å². The molecule has 0 aliphatic carbocycles. The summed E-state index contributed by atoms with van der Waals surface area (Å²) in [4.78, 5) is 102. The first-order valence-electron chi connectivity index (χ1n) is 15.1. The smallest absolute Gasteiger partial charge is 0.322 e. The van der Waals surface area contributed by atoms with Crippen LogP contribution in [0.1, 0.15) is 50.5 Å². The summed E-state index contributed by atoms with van der Waals surface area (Å²) in [6.45, 7) is -0.767. The predicted molar refractivity (Wildman–Crippen MR) is 172 cm³/mol. The minimum atomic E-state index is -1.53. The van der Waals surface area contributed by atoms with Gasteiger partial charge in [0.15, 0.2) is 5.96 Å². The van der Waals surface area contributed by atoms with Gasteiger partial charge in [-0.3, -0.25) is 43.3 Å². The van der Waals surface area contributed by atoms with E-state index in [0.29, 0.717) is 5.56 Å². The molecular formula is C29H44N10O10. The summed E-state index contributed by atoms with van der Waals surface area (Å²) < 4.78 is 5.25. The Labute approximate surface area is 281 Å². The fourth-order valence-electron chi connectivity index (χ4n) is 4.09. The number of carboxylic acid groups (broad SMARTS) is 1. The Balaban J connectivity index is 3.24. The van der Waals surface area contributed by atoms with Gasteiger partial charge in [0.1, 0.15) is 31.3 Å². The Morgan fingerprint density at radius 1 is 0.735 bits per heavy atom. The van der Waals surface area contributed by atoms with Gasteiger partial charge in [-0.05, 0) is 31.2 Å². The summed E-state index contributed by atoms with van der Waals surface area (Å²) >= 11 is 0. The first kappa shape index (κ1) is 41.2. The number of benzene rings is 1. The number of nitrogens with zero attached hydrogens (tertiary/aromatic N) is 1. The number of aliphatic carboxylic acids is 1. The molecule has 0 aromatic heterocycles. The number of hydrogen-bond donors (Lipinski definition) is 10. The molecule has 1 aromatic carbocycles. The lowest BCUT2D eigenvalue weighted by molar-refractivity contribution is -0.145. The quantitative estimate of drug-likeness (QED) is 0.0225. The lowest BCUT2D eigenvalue weighted by atomic mass is 10.0. The SMILES string of the molecule is NC(=O)CC[C@H](NC(=O)[C@@H](N)CC(N)=O)C(=O)N[C@@H](CCC(=O)OCc1ccccc1)C(=O)N[C@@H](CCCN=C(N)N)C(=O)NCC(=O)O. The molecule has 0 spiro atoms. The van der Waals surface area contributed by atoms with Gasteiger partial charge in [0.2, 0.25) is 35.4 Å². The Morgan fingerprint density at radius 2 is 1.29 bits per heavy atom. The van der Waals surface area contributed by atoms with E-state index >= 15 is 0 Å². The summed E-state index contributed by atoms with van der Waals surface area (Å²) in [5.74, 6) is -7.82. The van der Waals surface area contributed by atoms with E-state index in [1.54, 1.807) is 30.3 Å². The lowest BCUT2D eigenvalue weighted by Crippen LogP contribution is -2.58. The molecule has 1 aromatic rings. The second-order valence-corrected chi connectivity index (χ2v) is 10.7. The molecule has 0 aliphatic rings. The topological polar surface area (TPSA) is 357 Å². The van der Waals surface area contributed by atoms with Crippen LogP contribution < -0.4 is 49.9 Å². The monoisotopic (exact) mass is 692 g/mol. The summed E-state index contributed by atoms with van der Waals surface area (Å²) in [7, 11) is 0. The molecule has 0 saturated heterocycles. The van der Waals surface area contributed by atoms with E-state index in [-0.39, 0.29) is 51.2 Å². The number of rotatable bonds is 23. The van der Waals surface area contributed by atoms with Crippen LogP contribution in [-0.2, 0) is 49.7 Å². The van der Waals surface area contributed by atoms with Gasteiger partial charge in [0.25, 0.3) is 0 Å². The predicted octanol–water partition coefficient (Wildman–Crippen LogP) is -4.31. The van der Waals surface area contributed by atoms with Crippen molar-refractivity contribution in [3.8, 4) is 0 Å². The summed E-state index contributed by atoms with van der Waals surface area (Å²) in [6, 6.07) is 2.92. The van der Waals surface area contributed by atoms with Gasteiger partial charge in [-0.1, -0.05) is 30.3 Å². The fourth-order valence-corrected chi connectivity index (χ4v) is 4.09. The van der Waals surface area contributed by atoms with Crippen molar-refractivity contribution in [1.82, 2.24) is 21.3 Å². The van der Waals surface area contributed by atoms with E-state index in [9.17, 15) is 38.4 Å². The van der Waals surface area contributed by atoms with Crippen molar-refractivity contribution in [3.63, 3.8) is 0 Å². The van der Waals surface area contributed by atoms with Crippen molar-refractivity contribution in [2.45, 2.75) is 75.7 Å². The van der Waals surface area contributed by atoms with E-state index < -0.39 is 90.9 Å². The molecule has 20 nitrogen and oxygen atoms in total. The number of carbonyl (C=O) groups is 8. The Kier molecular flexibility index (Phi) is 18.4. The molecule has 0 bridgehead atoms. The van der Waals surface area contributed by atoms with Crippen LogP contribution in [0.15, 0.2) is 35.3 Å². The van der Waals surface area contributed by atoms with E-state index in [0.717, 1.165) is 0 Å². The van der Waals surface area contributed by atoms with Gasteiger partial charge in [0.05, 0.1) is 12.5 Å². The molecule has 49 heavy (non-hydrogen) atoms. The molecule has 0 unspecified atom stereocenters. The van der Waals surface area contributed by atoms with Gasteiger partial charge in [-0.15, -0.1) is 0 Å². The second-order valence-electron chi connectivity index (χ2n) is 10.7. The number of esters is 1. The second kappa shape index (κ2) is 21.9. The van der Waals surface area contributed by atoms with Gasteiger partial charge < -0.3 is 59.8 Å². The number of amides is 6. The number of guanidine groups is 1. The van der Waals surface area contributed by atoms with Crippen LogP contribution in [0.25, 0.3) is 0 Å². The first-order valence-corrected chi connectivity index (χ1v) is 15.1. The molecule has 270 valence electrons. The molecule has 0 saturated carbocycles. The number of primary amides is 2. The molecule has 20 heteroatoms. The van der Waals surface area contributed by atoms with E-state index in [1.165, 1.54) is 0 Å². The van der Waals surface area contributed by atoms with Crippen molar-refractivity contribution in [2.75, 3.05) is 13.1 Å². The maximum absolute atomic E-state index is 13.5. The molecule has 0 heterocycles. The third kappa shape index (κ3) is 18.2. The van der Waals surface area contributed by atoms with Crippen LogP contribution in [0, 0.1) is 0 Å². The first-order chi connectivity index (χ1) is 23.1. The van der Waals surface area contributed by atoms with Gasteiger partial charge >= 0.3 is 11.9 Å². The number of carbonyl (C=O) groups excluding carboxylic acids is 7. The Morgan fingerprint density at radius 3 is 1.82 bits per heavy atom. The Hall–Kier alpha value is -5.79. The van der Waals surface area contributed by atoms with Crippen LogP contribution in [-0.4, -0.2) is 95.7 Å². The number of aliphatic imine (C=N–C) groups is 1. The summed E-state index contributed by atoms with van der Waals surface area (Å²) in [5.41, 5.74) is 27.3. The molecule has 0 fully saturated rings. The van der Waals surface area contributed by atoms with E-state index in [4.69, 9.17) is 38.5 Å². The van der Waals surface area contributed by atoms with Crippen molar-refractivity contribution in [1.29, 1.82) is 0 Å². The highest BCUT2D eigenvalue weighted by Crippen LogP contribution is 2.08. The van der Waals surface area contributed by atoms with Crippen LogP contribution in [0.5, 0.6) is 0 Å². The molecule has 0 aliphatic heterocycles. The highest BCUT2D eigenvalue weighted by atomic mass is 16.5. The molecule has 1 rings (SSSR count). The van der Waals surface area contributed by atoms with Crippen molar-refractivity contribution >= 4 is 53.3 Å². The van der Waals surface area contributed by atoms with Gasteiger partial charge in [0, 0.05) is 19.4 Å². The number of nitrogens with two attached hydrogens (primary N) is 5. The average Bonchev–Trinajstić information content (AvgIpc) is 3.03. The zero-order valence-corrected chi connectivity index (χ0v) is 26.7. The molecule has 0 radical (unpaired) electrons. The minimum absolute atomic E-state index is 0.0630. The number of carboxylic acids is 1. The standard InChI is InChI=1S/C29H44N10O10/c30-17(13-22(32)41)25(45)37-19(8-10-21(31)40)27(47)39-20(9-11-24(44)49-15-16-5-2-1-3-6-16)28(48)38-18(7-4-12-35-29(33)34)26(46)36-14-23(42)43/h1-3,5-6,17-20H,4,7-15,30H2,(H2,31,40)(H2,32,41)(H,36,46)(H,37,45)(H,38,48)(H,39,47)(H,42,43)(H4,33,34,35)/t17-,18-,19-,20-/m0/s1. The summed E-state index contributed by atoms with van der Waals surface area (Å²) in [5, 5.41) is 18.2. The van der Waals surface area contributed by atoms with E-state index in [2.05, 4.69) is 26.3 Å². The maximum atomic E-state index is 13.5. The zero-order valence-electron chi connectivity index (χ0n) is 26.7. The molecule has 6 amide bonds. The molecule has 15 N–H and O–H groups in total. The number of nitrogens with one attached hydrogen (secondary N) is 4. The number of ether oxygens (including phenoxy) is 1. The largest absolute Gasteiger partial charge is 0.480 e. The van der Waals surface area contributed by atoms with Crippen molar-refractivity contribution < 1.29 is 48.2 Å². The average molecular weight is 693 g/mol. The normalized spacial score (nSPS) is 12.9. The lowest BCUT2D eigenvalue weighted by Gasteiger charge is -2.25. The number of hydrogen-bond acceptors (Lipinski definition) is 11. The van der Waals surface area contributed by atoms with E-state index in [1.807, 2.05) is 0 Å². The van der Waals surface area contributed by atoms with Crippen LogP contribution >= 0.6 is 0 Å². The highest BCUT2D eigenvalue weighted by molar-refractivity contribution is 5.96. The zero-order chi connectivity index (χ0) is 36.9. The minimum Gasteiger partial charge on any atom is -0.480 e. The third-order valence-corrected chi connectivity index (χ3v) is 6.58.